The molecular weight excluding hydrogens is 446 g/mol. The van der Waals surface area contributed by atoms with Crippen LogP contribution < -0.4 is 10.6 Å². The molecule has 0 aromatic heterocycles. The fraction of sp³-hybridized carbons (Fsp3) is 0.444. The highest BCUT2D eigenvalue weighted by Crippen LogP contribution is 2.20. The Labute approximate surface area is 206 Å². The molecule has 8 nitrogen and oxygen atoms in total. The second-order valence-corrected chi connectivity index (χ2v) is 8.78. The molecule has 0 radical (unpaired) electrons. The highest BCUT2D eigenvalue weighted by Gasteiger charge is 2.39. The van der Waals surface area contributed by atoms with Gasteiger partial charge in [0.15, 0.2) is 6.10 Å². The van der Waals surface area contributed by atoms with E-state index in [1.54, 1.807) is 0 Å². The summed E-state index contributed by atoms with van der Waals surface area (Å²) in [6.45, 7) is 3.06. The number of alkyl carbamates (subject to hydrolysis) is 1. The molecule has 1 heterocycles. The van der Waals surface area contributed by atoms with Gasteiger partial charge in [-0.1, -0.05) is 74.0 Å². The highest BCUT2D eigenvalue weighted by atomic mass is 16.5. The van der Waals surface area contributed by atoms with Crippen LogP contribution in [0.1, 0.15) is 43.7 Å². The lowest BCUT2D eigenvalue weighted by Crippen LogP contribution is -2.55. The molecule has 2 aromatic carbocycles. The van der Waals surface area contributed by atoms with E-state index < -0.39 is 30.2 Å². The predicted molar refractivity (Wildman–Crippen MR) is 132 cm³/mol. The number of likely N-dealkylation sites (tertiary alicyclic amines) is 1. The van der Waals surface area contributed by atoms with E-state index >= 15 is 0 Å². The molecule has 1 saturated heterocycles. The Hall–Kier alpha value is -3.39. The molecule has 0 spiro atoms. The number of ether oxygens (including phenoxy) is 1. The maximum atomic E-state index is 13.3. The molecule has 35 heavy (non-hydrogen) atoms. The Morgan fingerprint density at radius 3 is 2.37 bits per heavy atom. The van der Waals surface area contributed by atoms with Crippen LogP contribution in [0.5, 0.6) is 0 Å². The number of aliphatic hydroxyl groups is 1. The molecule has 3 N–H and O–H groups in total. The minimum absolute atomic E-state index is 0.0703. The minimum Gasteiger partial charge on any atom is -0.445 e. The number of hydrogen-bond acceptors (Lipinski definition) is 5. The quantitative estimate of drug-likeness (QED) is 0.428. The first-order valence-corrected chi connectivity index (χ1v) is 12.3. The SMILES string of the molecule is CCCCNC(=O)[C@@H]1CCCN1C(=O)C(O)[C@H](Cc1ccccc1)NC(=O)OCc1ccccc1. The van der Waals surface area contributed by atoms with Crippen molar-refractivity contribution in [3.8, 4) is 0 Å². The van der Waals surface area contributed by atoms with Crippen molar-refractivity contribution in [1.29, 1.82) is 0 Å². The van der Waals surface area contributed by atoms with Crippen molar-refractivity contribution in [3.63, 3.8) is 0 Å². The van der Waals surface area contributed by atoms with Crippen LogP contribution in [-0.4, -0.2) is 59.2 Å². The van der Waals surface area contributed by atoms with Crippen LogP contribution >= 0.6 is 0 Å². The van der Waals surface area contributed by atoms with Gasteiger partial charge in [0.05, 0.1) is 6.04 Å². The number of benzene rings is 2. The lowest BCUT2D eigenvalue weighted by atomic mass is 10.00. The minimum atomic E-state index is -1.52. The Bertz CT molecular complexity index is 954. The van der Waals surface area contributed by atoms with Crippen molar-refractivity contribution >= 4 is 17.9 Å². The number of hydrogen-bond donors (Lipinski definition) is 3. The smallest absolute Gasteiger partial charge is 0.407 e. The molecule has 8 heteroatoms. The molecule has 3 amide bonds. The second kappa shape index (κ2) is 13.5. The van der Waals surface area contributed by atoms with Crippen molar-refractivity contribution in [1.82, 2.24) is 15.5 Å². The molecule has 188 valence electrons. The van der Waals surface area contributed by atoms with Gasteiger partial charge < -0.3 is 25.4 Å². The first-order valence-electron chi connectivity index (χ1n) is 12.3. The normalized spacial score (nSPS) is 16.9. The Morgan fingerprint density at radius 1 is 1.06 bits per heavy atom. The van der Waals surface area contributed by atoms with Crippen molar-refractivity contribution in [2.45, 2.75) is 63.8 Å². The number of nitrogens with one attached hydrogen (secondary N) is 2. The average Bonchev–Trinajstić information content (AvgIpc) is 3.38. The molecule has 0 saturated carbocycles. The van der Waals surface area contributed by atoms with E-state index in [4.69, 9.17) is 4.74 Å². The summed E-state index contributed by atoms with van der Waals surface area (Å²) < 4.78 is 5.32. The first kappa shape index (κ1) is 26.2. The number of unbranched alkanes of at least 4 members (excludes halogenated alkanes) is 1. The molecule has 1 unspecified atom stereocenters. The Kier molecular flexibility index (Phi) is 10.1. The van der Waals surface area contributed by atoms with Crippen molar-refractivity contribution in [2.75, 3.05) is 13.1 Å². The molecule has 1 aliphatic rings. The summed E-state index contributed by atoms with van der Waals surface area (Å²) in [5.41, 5.74) is 1.68. The van der Waals surface area contributed by atoms with Crippen molar-refractivity contribution in [3.05, 3.63) is 71.8 Å². The summed E-state index contributed by atoms with van der Waals surface area (Å²) in [4.78, 5) is 39.9. The summed E-state index contributed by atoms with van der Waals surface area (Å²) in [7, 11) is 0. The van der Waals surface area contributed by atoms with Gasteiger partial charge in [-0.15, -0.1) is 0 Å². The summed E-state index contributed by atoms with van der Waals surface area (Å²) in [6, 6.07) is 17.0. The number of carbonyl (C=O) groups excluding carboxylic acids is 3. The molecule has 3 atom stereocenters. The van der Waals surface area contributed by atoms with Crippen LogP contribution in [0.15, 0.2) is 60.7 Å². The number of carbonyl (C=O) groups is 3. The molecule has 0 aliphatic carbocycles. The fourth-order valence-electron chi connectivity index (χ4n) is 4.18. The summed E-state index contributed by atoms with van der Waals surface area (Å²) in [6.07, 6.45) is 1.03. The van der Waals surface area contributed by atoms with E-state index in [1.165, 1.54) is 4.90 Å². The van der Waals surface area contributed by atoms with Crippen molar-refractivity contribution < 1.29 is 24.2 Å². The van der Waals surface area contributed by atoms with Crippen LogP contribution in [0.3, 0.4) is 0 Å². The molecule has 1 fully saturated rings. The van der Waals surface area contributed by atoms with Gasteiger partial charge in [0.25, 0.3) is 5.91 Å². The van der Waals surface area contributed by atoms with E-state index in [2.05, 4.69) is 10.6 Å². The first-order chi connectivity index (χ1) is 17.0. The largest absolute Gasteiger partial charge is 0.445 e. The van der Waals surface area contributed by atoms with E-state index in [1.807, 2.05) is 67.6 Å². The maximum absolute atomic E-state index is 13.3. The zero-order valence-electron chi connectivity index (χ0n) is 20.2. The zero-order valence-corrected chi connectivity index (χ0v) is 20.2. The lowest BCUT2D eigenvalue weighted by molar-refractivity contribution is -0.146. The van der Waals surface area contributed by atoms with Crippen LogP contribution in [0, 0.1) is 0 Å². The molecule has 3 rings (SSSR count). The zero-order chi connectivity index (χ0) is 25.0. The van der Waals surface area contributed by atoms with Crippen LogP contribution in [0.4, 0.5) is 4.79 Å². The van der Waals surface area contributed by atoms with Crippen LogP contribution in [0.2, 0.25) is 0 Å². The third kappa shape index (κ3) is 7.82. The van der Waals surface area contributed by atoms with Gasteiger partial charge in [0, 0.05) is 13.1 Å². The van der Waals surface area contributed by atoms with Gasteiger partial charge in [-0.05, 0) is 36.8 Å². The number of rotatable bonds is 11. The number of aliphatic hydroxyl groups excluding tert-OH is 1. The molecule has 0 bridgehead atoms. The molecular formula is C27H35N3O5. The van der Waals surface area contributed by atoms with E-state index in [9.17, 15) is 19.5 Å². The third-order valence-corrected chi connectivity index (χ3v) is 6.12. The number of nitrogens with zero attached hydrogens (tertiary/aromatic N) is 1. The third-order valence-electron chi connectivity index (χ3n) is 6.12. The van der Waals surface area contributed by atoms with E-state index in [-0.39, 0.29) is 18.9 Å². The van der Waals surface area contributed by atoms with Gasteiger partial charge in [-0.3, -0.25) is 9.59 Å². The topological polar surface area (TPSA) is 108 Å². The monoisotopic (exact) mass is 481 g/mol. The predicted octanol–water partition coefficient (Wildman–Crippen LogP) is 2.79. The highest BCUT2D eigenvalue weighted by molar-refractivity contribution is 5.90. The van der Waals surface area contributed by atoms with Gasteiger partial charge in [-0.25, -0.2) is 4.79 Å². The van der Waals surface area contributed by atoms with Crippen LogP contribution in [-0.2, 0) is 27.4 Å². The summed E-state index contributed by atoms with van der Waals surface area (Å²) in [5.74, 6) is -0.770. The van der Waals surface area contributed by atoms with E-state index in [0.717, 1.165) is 24.0 Å². The average molecular weight is 482 g/mol. The van der Waals surface area contributed by atoms with Gasteiger partial charge in [0.2, 0.25) is 5.91 Å². The van der Waals surface area contributed by atoms with Gasteiger partial charge in [0.1, 0.15) is 12.6 Å². The summed E-state index contributed by atoms with van der Waals surface area (Å²) >= 11 is 0. The number of amides is 3. The molecule has 2 aromatic rings. The molecule has 1 aliphatic heterocycles. The summed E-state index contributed by atoms with van der Waals surface area (Å²) in [5, 5.41) is 16.6. The van der Waals surface area contributed by atoms with Gasteiger partial charge in [-0.2, -0.15) is 0 Å². The van der Waals surface area contributed by atoms with Crippen LogP contribution in [0.25, 0.3) is 0 Å². The van der Waals surface area contributed by atoms with Gasteiger partial charge >= 0.3 is 6.09 Å². The van der Waals surface area contributed by atoms with Crippen molar-refractivity contribution in [2.24, 2.45) is 0 Å². The Balaban J connectivity index is 1.67. The fourth-order valence-corrected chi connectivity index (χ4v) is 4.18. The standard InChI is InChI=1S/C27H35N3O5/c1-2-3-16-28-25(32)23-15-10-17-30(23)26(33)24(31)22(18-20-11-6-4-7-12-20)29-27(34)35-19-21-13-8-5-9-14-21/h4-9,11-14,22-24,31H,2-3,10,15-19H2,1H3,(H,28,32)(H,29,34)/t22-,23-,24?/m0/s1. The second-order valence-electron chi connectivity index (χ2n) is 8.78. The Morgan fingerprint density at radius 2 is 1.71 bits per heavy atom. The van der Waals surface area contributed by atoms with E-state index in [0.29, 0.717) is 25.9 Å². The maximum Gasteiger partial charge on any atom is 0.407 e. The lowest BCUT2D eigenvalue weighted by Gasteiger charge is -2.30.